The van der Waals surface area contributed by atoms with Crippen molar-refractivity contribution in [2.75, 3.05) is 0 Å². The Labute approximate surface area is 160 Å². The Morgan fingerprint density at radius 2 is 1.48 bits per heavy atom. The maximum Gasteiger partial charge on any atom is 0.176 e. The van der Waals surface area contributed by atoms with Crippen LogP contribution >= 0.6 is 11.3 Å². The number of benzene rings is 2. The summed E-state index contributed by atoms with van der Waals surface area (Å²) < 4.78 is 43.5. The first kappa shape index (κ1) is 17.3. The van der Waals surface area contributed by atoms with E-state index in [4.69, 9.17) is 0 Å². The van der Waals surface area contributed by atoms with Crippen LogP contribution in [0.3, 0.4) is 0 Å². The summed E-state index contributed by atoms with van der Waals surface area (Å²) in [5.74, 6) is -0.479. The minimum absolute atomic E-state index is 0.194. The molecule has 0 radical (unpaired) electrons. The van der Waals surface area contributed by atoms with E-state index in [9.17, 15) is 8.78 Å². The van der Waals surface area contributed by atoms with Crippen LogP contribution in [0, 0.1) is 29.3 Å². The smallest absolute Gasteiger partial charge is 0.176 e. The maximum absolute atomic E-state index is 15.3. The molecule has 0 saturated heterocycles. The van der Waals surface area contributed by atoms with Gasteiger partial charge in [-0.1, -0.05) is 43.9 Å². The third-order valence-electron chi connectivity index (χ3n) is 6.51. The van der Waals surface area contributed by atoms with Gasteiger partial charge in [0, 0.05) is 16.3 Å². The first-order valence-electron chi connectivity index (χ1n) is 9.81. The van der Waals surface area contributed by atoms with Crippen LogP contribution < -0.4 is 0 Å². The van der Waals surface area contributed by atoms with Gasteiger partial charge in [-0.15, -0.1) is 11.3 Å². The Morgan fingerprint density at radius 3 is 2.19 bits per heavy atom. The van der Waals surface area contributed by atoms with Crippen molar-refractivity contribution in [3.05, 3.63) is 53.4 Å². The largest absolute Gasteiger partial charge is 0.205 e. The van der Waals surface area contributed by atoms with E-state index in [1.54, 1.807) is 0 Å². The monoisotopic (exact) mass is 386 g/mol. The second kappa shape index (κ2) is 6.66. The molecule has 0 bridgehead atoms. The molecule has 0 aliphatic heterocycles. The maximum atomic E-state index is 15.3. The molecule has 2 aliphatic rings. The molecule has 0 N–H and O–H groups in total. The summed E-state index contributed by atoms with van der Waals surface area (Å²) in [6.07, 6.45) is 10.7. The van der Waals surface area contributed by atoms with Gasteiger partial charge in [0.1, 0.15) is 5.82 Å². The van der Waals surface area contributed by atoms with E-state index in [2.05, 4.69) is 6.08 Å². The average Bonchev–Trinajstić information content (AvgIpc) is 3.34. The fourth-order valence-electron chi connectivity index (χ4n) is 5.02. The molecule has 1 fully saturated rings. The van der Waals surface area contributed by atoms with Crippen LogP contribution in [-0.4, -0.2) is 0 Å². The van der Waals surface area contributed by atoms with E-state index < -0.39 is 11.6 Å². The van der Waals surface area contributed by atoms with Gasteiger partial charge in [-0.3, -0.25) is 0 Å². The van der Waals surface area contributed by atoms with Gasteiger partial charge >= 0.3 is 0 Å². The molecule has 2 aromatic carbocycles. The molecular formula is C23H21F3S. The predicted octanol–water partition coefficient (Wildman–Crippen LogP) is 7.85. The van der Waals surface area contributed by atoms with Crippen molar-refractivity contribution in [1.29, 1.82) is 0 Å². The molecule has 1 heterocycles. The van der Waals surface area contributed by atoms with Gasteiger partial charge in [0.2, 0.25) is 0 Å². The highest BCUT2D eigenvalue weighted by Crippen LogP contribution is 2.43. The van der Waals surface area contributed by atoms with Crippen molar-refractivity contribution in [3.63, 3.8) is 0 Å². The van der Waals surface area contributed by atoms with E-state index in [1.807, 2.05) is 12.1 Å². The number of rotatable bonds is 2. The molecule has 0 spiro atoms. The highest BCUT2D eigenvalue weighted by atomic mass is 32.1. The molecule has 2 aliphatic carbocycles. The Hall–Kier alpha value is -1.81. The number of hydrogen-bond donors (Lipinski definition) is 0. The van der Waals surface area contributed by atoms with Crippen molar-refractivity contribution < 1.29 is 13.2 Å². The molecule has 1 aromatic heterocycles. The number of hydrogen-bond acceptors (Lipinski definition) is 1. The molecule has 1 saturated carbocycles. The Morgan fingerprint density at radius 1 is 0.778 bits per heavy atom. The third-order valence-corrected chi connectivity index (χ3v) is 7.71. The van der Waals surface area contributed by atoms with Crippen LogP contribution in [0.4, 0.5) is 13.2 Å². The topological polar surface area (TPSA) is 0 Å². The summed E-state index contributed by atoms with van der Waals surface area (Å²) in [6.45, 7) is 0. The van der Waals surface area contributed by atoms with Crippen molar-refractivity contribution in [2.45, 2.75) is 44.9 Å². The molecule has 0 amide bonds. The number of fused-ring (bicyclic) bond motifs is 3. The summed E-state index contributed by atoms with van der Waals surface area (Å²) in [5.41, 5.74) is 1.69. The lowest BCUT2D eigenvalue weighted by molar-refractivity contribution is 0.317. The van der Waals surface area contributed by atoms with Crippen LogP contribution in [0.5, 0.6) is 0 Å². The first-order chi connectivity index (χ1) is 13.1. The second-order valence-corrected chi connectivity index (χ2v) is 8.97. The molecular weight excluding hydrogens is 365 g/mol. The summed E-state index contributed by atoms with van der Waals surface area (Å²) in [5, 5.41) is 1.24. The van der Waals surface area contributed by atoms with Crippen LogP contribution in [0.15, 0.2) is 30.3 Å². The Balaban J connectivity index is 1.53. The van der Waals surface area contributed by atoms with Crippen LogP contribution in [-0.2, 0) is 0 Å². The summed E-state index contributed by atoms with van der Waals surface area (Å²) in [4.78, 5) is 0. The van der Waals surface area contributed by atoms with Crippen LogP contribution in [0.1, 0.15) is 50.5 Å². The summed E-state index contributed by atoms with van der Waals surface area (Å²) in [7, 11) is 0. The average molecular weight is 386 g/mol. The molecule has 27 heavy (non-hydrogen) atoms. The Bertz CT molecular complexity index is 1060. The van der Waals surface area contributed by atoms with E-state index in [-0.39, 0.29) is 10.5 Å². The van der Waals surface area contributed by atoms with Gasteiger partial charge in [0.05, 0.1) is 9.40 Å². The predicted molar refractivity (Wildman–Crippen MR) is 106 cm³/mol. The molecule has 1 atom stereocenters. The normalized spacial score (nSPS) is 21.3. The number of halogens is 3. The quantitative estimate of drug-likeness (QED) is 0.421. The lowest BCUT2D eigenvalue weighted by Crippen LogP contribution is -2.14. The van der Waals surface area contributed by atoms with E-state index in [0.717, 1.165) is 54.1 Å². The van der Waals surface area contributed by atoms with Gasteiger partial charge in [-0.2, -0.15) is 0 Å². The van der Waals surface area contributed by atoms with E-state index >= 15 is 4.39 Å². The van der Waals surface area contributed by atoms with Crippen LogP contribution in [0.2, 0.25) is 0 Å². The first-order valence-corrected chi connectivity index (χ1v) is 10.6. The Kier molecular flexibility index (Phi) is 4.27. The van der Waals surface area contributed by atoms with Gasteiger partial charge in [0.25, 0.3) is 0 Å². The van der Waals surface area contributed by atoms with Crippen molar-refractivity contribution in [1.82, 2.24) is 0 Å². The molecule has 3 aromatic rings. The SMILES string of the molecule is Fc1ccc2c(sc3c(F)c(C4=CCC(C5CCCC5)CC4)ccc32)c1F. The van der Waals surface area contributed by atoms with Gasteiger partial charge in [0.15, 0.2) is 11.6 Å². The molecule has 1 unspecified atom stereocenters. The zero-order valence-corrected chi connectivity index (χ0v) is 15.8. The minimum Gasteiger partial charge on any atom is -0.205 e. The molecule has 5 rings (SSSR count). The van der Waals surface area contributed by atoms with Crippen LogP contribution in [0.25, 0.3) is 25.7 Å². The fourth-order valence-corrected chi connectivity index (χ4v) is 6.18. The second-order valence-electron chi connectivity index (χ2n) is 7.95. The number of allylic oxidation sites excluding steroid dienone is 2. The van der Waals surface area contributed by atoms with E-state index in [1.165, 1.54) is 31.7 Å². The highest BCUT2D eigenvalue weighted by Gasteiger charge is 2.27. The lowest BCUT2D eigenvalue weighted by atomic mass is 9.78. The standard InChI is InChI=1S/C23H21F3S/c24-19-12-11-18-17-10-9-16(20(25)22(17)27-23(18)21(19)26)15-7-5-14(6-8-15)13-3-1-2-4-13/h7,9-14H,1-6,8H2. The van der Waals surface area contributed by atoms with Gasteiger partial charge in [-0.25, -0.2) is 13.2 Å². The third kappa shape index (κ3) is 2.80. The lowest BCUT2D eigenvalue weighted by Gasteiger charge is -2.27. The molecule has 4 heteroatoms. The van der Waals surface area contributed by atoms with Crippen molar-refractivity contribution >= 4 is 37.1 Å². The molecule has 140 valence electrons. The zero-order chi connectivity index (χ0) is 18.5. The molecule has 0 nitrogen and oxygen atoms in total. The summed E-state index contributed by atoms with van der Waals surface area (Å²) >= 11 is 1.01. The van der Waals surface area contributed by atoms with Gasteiger partial charge < -0.3 is 0 Å². The fraction of sp³-hybridized carbons (Fsp3) is 0.391. The van der Waals surface area contributed by atoms with E-state index in [0.29, 0.717) is 21.0 Å². The van der Waals surface area contributed by atoms with Gasteiger partial charge in [-0.05, 0) is 48.8 Å². The van der Waals surface area contributed by atoms with Crippen molar-refractivity contribution in [3.8, 4) is 0 Å². The van der Waals surface area contributed by atoms with Crippen molar-refractivity contribution in [2.24, 2.45) is 11.8 Å². The number of thiophene rings is 1. The summed E-state index contributed by atoms with van der Waals surface area (Å²) in [6, 6.07) is 6.32. The minimum atomic E-state index is -0.886. The zero-order valence-electron chi connectivity index (χ0n) is 15.0. The highest BCUT2D eigenvalue weighted by molar-refractivity contribution is 7.25.